The van der Waals surface area contributed by atoms with E-state index in [-0.39, 0.29) is 18.4 Å². The van der Waals surface area contributed by atoms with Gasteiger partial charge in [-0.3, -0.25) is 4.68 Å². The van der Waals surface area contributed by atoms with E-state index in [0.29, 0.717) is 0 Å². The van der Waals surface area contributed by atoms with Gasteiger partial charge in [0, 0.05) is 24.2 Å². The highest BCUT2D eigenvalue weighted by Gasteiger charge is 2.57. The van der Waals surface area contributed by atoms with Gasteiger partial charge in [-0.15, -0.1) is 0 Å². The average Bonchev–Trinajstić information content (AvgIpc) is 2.93. The zero-order chi connectivity index (χ0) is 13.7. The van der Waals surface area contributed by atoms with E-state index < -0.39 is 29.4 Å². The third-order valence-electron chi connectivity index (χ3n) is 3.18. The molecule has 1 aromatic heterocycles. The van der Waals surface area contributed by atoms with Crippen molar-refractivity contribution in [2.45, 2.75) is 30.5 Å². The van der Waals surface area contributed by atoms with E-state index in [9.17, 15) is 23.1 Å². The van der Waals surface area contributed by atoms with Crippen molar-refractivity contribution in [2.75, 3.05) is 0 Å². The van der Waals surface area contributed by atoms with Crippen molar-refractivity contribution in [1.82, 2.24) is 9.78 Å². The monoisotopic (exact) mass is 264 g/mol. The normalized spacial score (nSPS) is 19.6. The van der Waals surface area contributed by atoms with Crippen molar-refractivity contribution in [3.63, 3.8) is 0 Å². The molecule has 18 heavy (non-hydrogen) atoms. The third-order valence-corrected chi connectivity index (χ3v) is 3.18. The summed E-state index contributed by atoms with van der Waals surface area (Å²) in [5.41, 5.74) is -2.72. The van der Waals surface area contributed by atoms with E-state index >= 15 is 0 Å². The zero-order valence-electron chi connectivity index (χ0n) is 9.40. The maximum atomic E-state index is 12.8. The molecule has 0 spiro atoms. The molecule has 0 amide bonds. The summed E-state index contributed by atoms with van der Waals surface area (Å²) in [5, 5.41) is 21.6. The molecule has 0 radical (unpaired) electrons. The first-order chi connectivity index (χ1) is 8.18. The molecule has 5 nitrogen and oxygen atoms in total. The summed E-state index contributed by atoms with van der Waals surface area (Å²) < 4.78 is 39.3. The zero-order valence-corrected chi connectivity index (χ0v) is 9.40. The van der Waals surface area contributed by atoms with Crippen LogP contribution in [0.3, 0.4) is 0 Å². The van der Waals surface area contributed by atoms with Gasteiger partial charge in [0.05, 0.1) is 0 Å². The van der Waals surface area contributed by atoms with Crippen molar-refractivity contribution in [1.29, 1.82) is 0 Å². The van der Waals surface area contributed by atoms with E-state index in [1.807, 2.05) is 0 Å². The fourth-order valence-corrected chi connectivity index (χ4v) is 2.12. The maximum absolute atomic E-state index is 12.8. The fraction of sp³-hybridized carbons (Fsp3) is 0.600. The van der Waals surface area contributed by atoms with Crippen LogP contribution in [-0.4, -0.2) is 32.1 Å². The van der Waals surface area contributed by atoms with Crippen LogP contribution in [-0.2, 0) is 23.4 Å². The van der Waals surface area contributed by atoms with Crippen LogP contribution in [0.1, 0.15) is 24.1 Å². The molecule has 0 aromatic carbocycles. The van der Waals surface area contributed by atoms with Crippen LogP contribution in [0, 0.1) is 0 Å². The van der Waals surface area contributed by atoms with Gasteiger partial charge < -0.3 is 10.2 Å². The molecule has 8 heteroatoms. The number of carbonyl (C=O) groups is 1. The lowest BCUT2D eigenvalue weighted by molar-refractivity contribution is -0.150. The summed E-state index contributed by atoms with van der Waals surface area (Å²) in [5.74, 6) is -1.52. The van der Waals surface area contributed by atoms with E-state index in [0.717, 1.165) is 10.9 Å². The molecule has 1 aromatic rings. The number of halogens is 3. The van der Waals surface area contributed by atoms with Gasteiger partial charge in [0.15, 0.2) is 11.8 Å². The Bertz CT molecular complexity index is 491. The van der Waals surface area contributed by atoms with Crippen LogP contribution >= 0.6 is 0 Å². The molecular weight excluding hydrogens is 253 g/mol. The van der Waals surface area contributed by atoms with Crippen LogP contribution in [0.15, 0.2) is 6.20 Å². The van der Waals surface area contributed by atoms with Gasteiger partial charge in [0.2, 0.25) is 0 Å². The minimum absolute atomic E-state index is 0.204. The highest BCUT2D eigenvalue weighted by atomic mass is 19.4. The Hall–Kier alpha value is -1.57. The predicted molar refractivity (Wildman–Crippen MR) is 52.8 cm³/mol. The van der Waals surface area contributed by atoms with E-state index in [1.54, 1.807) is 0 Å². The van der Waals surface area contributed by atoms with E-state index in [4.69, 9.17) is 5.11 Å². The molecule has 1 atom stereocenters. The number of aryl methyl sites for hydroxylation is 1. The van der Waals surface area contributed by atoms with Crippen molar-refractivity contribution >= 4 is 5.97 Å². The second-order valence-electron chi connectivity index (χ2n) is 4.46. The third kappa shape index (κ3) is 1.86. The average molecular weight is 264 g/mol. The number of nitrogens with zero attached hydrogens (tertiary/aromatic N) is 2. The number of hydrogen-bond donors (Lipinski definition) is 2. The Morgan fingerprint density at radius 3 is 2.50 bits per heavy atom. The maximum Gasteiger partial charge on any atom is 0.435 e. The molecule has 1 aliphatic carbocycles. The number of alkyl halides is 3. The number of carboxylic acids is 1. The molecule has 1 heterocycles. The standard InChI is InChI=1S/C10H11F3N2O3/c1-15-4-5(6(14-15)10(11,12)13)9(2-3-9)7(16)8(17)18/h4,7,16H,2-3H2,1H3,(H,17,18). The Kier molecular flexibility index (Phi) is 2.65. The van der Waals surface area contributed by atoms with Crippen LogP contribution < -0.4 is 0 Å². The number of aliphatic hydroxyl groups is 1. The molecular formula is C10H11F3N2O3. The molecule has 0 aliphatic heterocycles. The first-order valence-corrected chi connectivity index (χ1v) is 5.21. The summed E-state index contributed by atoms with van der Waals surface area (Å²) in [7, 11) is 1.32. The quantitative estimate of drug-likeness (QED) is 0.851. The summed E-state index contributed by atoms with van der Waals surface area (Å²) in [4.78, 5) is 10.8. The topological polar surface area (TPSA) is 75.4 Å². The Morgan fingerprint density at radius 1 is 1.56 bits per heavy atom. The second-order valence-corrected chi connectivity index (χ2v) is 4.46. The Balaban J connectivity index is 2.49. The first-order valence-electron chi connectivity index (χ1n) is 5.21. The summed E-state index contributed by atoms with van der Waals surface area (Å²) in [6.45, 7) is 0. The van der Waals surface area contributed by atoms with Gasteiger partial charge in [-0.1, -0.05) is 0 Å². The smallest absolute Gasteiger partial charge is 0.435 e. The lowest BCUT2D eigenvalue weighted by Crippen LogP contribution is -2.35. The van der Waals surface area contributed by atoms with Crippen molar-refractivity contribution < 1.29 is 28.2 Å². The van der Waals surface area contributed by atoms with Crippen molar-refractivity contribution in [3.8, 4) is 0 Å². The SMILES string of the molecule is Cn1cc(C2(C(O)C(=O)O)CC2)c(C(F)(F)F)n1. The number of aliphatic carboxylic acids is 1. The lowest BCUT2D eigenvalue weighted by Gasteiger charge is -2.19. The number of carboxylic acid groups (broad SMARTS) is 1. The number of rotatable bonds is 3. The van der Waals surface area contributed by atoms with Gasteiger partial charge in [-0.2, -0.15) is 18.3 Å². The molecule has 100 valence electrons. The highest BCUT2D eigenvalue weighted by molar-refractivity contribution is 5.75. The minimum Gasteiger partial charge on any atom is -0.479 e. The molecule has 1 fully saturated rings. The van der Waals surface area contributed by atoms with Crippen molar-refractivity contribution in [3.05, 3.63) is 17.5 Å². The fourth-order valence-electron chi connectivity index (χ4n) is 2.12. The highest BCUT2D eigenvalue weighted by Crippen LogP contribution is 2.53. The largest absolute Gasteiger partial charge is 0.479 e. The number of hydrogen-bond acceptors (Lipinski definition) is 3. The molecule has 1 unspecified atom stereocenters. The molecule has 0 bridgehead atoms. The lowest BCUT2D eigenvalue weighted by atomic mass is 9.90. The number of aliphatic hydroxyl groups excluding tert-OH is 1. The second kappa shape index (κ2) is 3.71. The molecule has 0 saturated heterocycles. The molecule has 2 rings (SSSR count). The Morgan fingerprint density at radius 2 is 2.11 bits per heavy atom. The minimum atomic E-state index is -4.66. The summed E-state index contributed by atoms with van der Waals surface area (Å²) >= 11 is 0. The number of aromatic nitrogens is 2. The van der Waals surface area contributed by atoms with Crippen LogP contribution in [0.5, 0.6) is 0 Å². The Labute approximate surface area is 99.8 Å². The van der Waals surface area contributed by atoms with E-state index in [2.05, 4.69) is 5.10 Å². The van der Waals surface area contributed by atoms with Crippen LogP contribution in [0.25, 0.3) is 0 Å². The van der Waals surface area contributed by atoms with Gasteiger partial charge >= 0.3 is 12.1 Å². The van der Waals surface area contributed by atoms with Gasteiger partial charge in [-0.25, -0.2) is 4.79 Å². The molecule has 1 saturated carbocycles. The van der Waals surface area contributed by atoms with Crippen LogP contribution in [0.4, 0.5) is 13.2 Å². The predicted octanol–water partition coefficient (Wildman–Crippen LogP) is 0.916. The van der Waals surface area contributed by atoms with Gasteiger partial charge in [0.1, 0.15) is 0 Å². The van der Waals surface area contributed by atoms with Gasteiger partial charge in [0.25, 0.3) is 0 Å². The van der Waals surface area contributed by atoms with E-state index in [1.165, 1.54) is 7.05 Å². The molecule has 1 aliphatic rings. The van der Waals surface area contributed by atoms with Crippen molar-refractivity contribution in [2.24, 2.45) is 7.05 Å². The molecule has 2 N–H and O–H groups in total. The summed E-state index contributed by atoms with van der Waals surface area (Å²) in [6, 6.07) is 0. The van der Waals surface area contributed by atoms with Gasteiger partial charge in [-0.05, 0) is 12.8 Å². The van der Waals surface area contributed by atoms with Crippen LogP contribution in [0.2, 0.25) is 0 Å². The summed E-state index contributed by atoms with van der Waals surface area (Å²) in [6.07, 6.45) is -4.97. The first kappa shape index (κ1) is 12.9.